The van der Waals surface area contributed by atoms with E-state index in [2.05, 4.69) is 15.6 Å². The van der Waals surface area contributed by atoms with Crippen molar-refractivity contribution >= 4 is 55.6 Å². The lowest BCUT2D eigenvalue weighted by atomic mass is 10.0. The highest BCUT2D eigenvalue weighted by Gasteiger charge is 2.30. The normalized spacial score (nSPS) is 11.2. The van der Waals surface area contributed by atoms with Crippen LogP contribution >= 0.6 is 34.4 Å². The van der Waals surface area contributed by atoms with Crippen molar-refractivity contribution in [2.75, 3.05) is 31.4 Å². The van der Waals surface area contributed by atoms with Crippen molar-refractivity contribution in [1.82, 2.24) is 10.3 Å². The summed E-state index contributed by atoms with van der Waals surface area (Å²) in [5, 5.41) is 5.59. The zero-order chi connectivity index (χ0) is 33.8. The number of carbonyl (C=O) groups excluding carboxylic acids is 3. The molecule has 0 aliphatic heterocycles. The van der Waals surface area contributed by atoms with Crippen molar-refractivity contribution in [1.29, 1.82) is 0 Å². The van der Waals surface area contributed by atoms with Gasteiger partial charge in [0.15, 0.2) is 3.79 Å². The van der Waals surface area contributed by atoms with Crippen molar-refractivity contribution in [3.63, 3.8) is 0 Å². The smallest absolute Gasteiger partial charge is 0.416 e. The van der Waals surface area contributed by atoms with Gasteiger partial charge in [-0.05, 0) is 88.3 Å². The fourth-order valence-electron chi connectivity index (χ4n) is 4.38. The Labute approximate surface area is 288 Å². The number of nitrogens with one attached hydrogen (secondary N) is 2. The molecule has 0 aliphatic carbocycles. The third kappa shape index (κ3) is 11.1. The number of methoxy groups -OCH3 is 1. The van der Waals surface area contributed by atoms with Crippen LogP contribution in [0.5, 0.6) is 5.75 Å². The van der Waals surface area contributed by atoms with Crippen LogP contribution in [-0.4, -0.2) is 46.7 Å². The Hall–Kier alpha value is -3.95. The molecule has 1 heterocycles. The number of benzene rings is 3. The van der Waals surface area contributed by atoms with E-state index in [1.165, 1.54) is 30.5 Å². The largest absolute Gasteiger partial charge is 0.491 e. The zero-order valence-electron chi connectivity index (χ0n) is 25.2. The van der Waals surface area contributed by atoms with Crippen LogP contribution in [0.25, 0.3) is 11.3 Å². The molecule has 2 amide bonds. The number of hydrogen-bond donors (Lipinski definition) is 2. The van der Waals surface area contributed by atoms with Crippen LogP contribution in [0.3, 0.4) is 0 Å². The first-order valence-corrected chi connectivity index (χ1v) is 16.6. The molecule has 0 atom stereocenters. The maximum absolute atomic E-state index is 13.4. The summed E-state index contributed by atoms with van der Waals surface area (Å²) in [5.41, 5.74) is 2.36. The van der Waals surface area contributed by atoms with E-state index < -0.39 is 17.6 Å². The number of ether oxygens (including phenoxy) is 2. The predicted octanol–water partition coefficient (Wildman–Crippen LogP) is 7.56. The van der Waals surface area contributed by atoms with Crippen LogP contribution in [0.4, 0.5) is 18.9 Å². The summed E-state index contributed by atoms with van der Waals surface area (Å²) in [4.78, 5) is 42.1. The summed E-state index contributed by atoms with van der Waals surface area (Å²) in [6, 6.07) is 20.1. The van der Waals surface area contributed by atoms with Gasteiger partial charge in [-0.2, -0.15) is 24.9 Å². The van der Waals surface area contributed by atoms with E-state index >= 15 is 0 Å². The molecule has 0 saturated heterocycles. The number of thioether (sulfide) groups is 1. The van der Waals surface area contributed by atoms with Crippen LogP contribution in [0.2, 0.25) is 0 Å². The lowest BCUT2D eigenvalue weighted by molar-refractivity contribution is -0.137. The van der Waals surface area contributed by atoms with E-state index in [0.29, 0.717) is 58.4 Å². The van der Waals surface area contributed by atoms with E-state index in [4.69, 9.17) is 9.47 Å². The molecule has 4 rings (SSSR count). The third-order valence-corrected chi connectivity index (χ3v) is 8.27. The molecule has 3 aromatic carbocycles. The van der Waals surface area contributed by atoms with Gasteiger partial charge in [0.25, 0.3) is 11.8 Å². The van der Waals surface area contributed by atoms with Crippen LogP contribution < -0.4 is 15.4 Å². The van der Waals surface area contributed by atoms with Crippen molar-refractivity contribution < 1.29 is 37.0 Å². The number of amides is 2. The summed E-state index contributed by atoms with van der Waals surface area (Å²) in [6.07, 6.45) is -2.58. The fraction of sp³-hybridized carbons (Fsp3) is 0.235. The minimum Gasteiger partial charge on any atom is -0.491 e. The topological polar surface area (TPSA) is 107 Å². The molecule has 246 valence electrons. The van der Waals surface area contributed by atoms with Crippen LogP contribution in [0.1, 0.15) is 43.8 Å². The molecule has 0 aliphatic rings. The maximum atomic E-state index is 13.4. The first kappa shape index (κ1) is 35.9. The van der Waals surface area contributed by atoms with Gasteiger partial charge in [0, 0.05) is 54.5 Å². The molecule has 0 bridgehead atoms. The molecule has 1 aromatic heterocycles. The second kappa shape index (κ2) is 17.3. The number of aromatic nitrogens is 1. The molecule has 0 fully saturated rings. The van der Waals surface area contributed by atoms with Gasteiger partial charge in [-0.3, -0.25) is 19.4 Å². The first-order chi connectivity index (χ1) is 22.5. The molecule has 2 N–H and O–H groups in total. The van der Waals surface area contributed by atoms with Gasteiger partial charge in [0.1, 0.15) is 12.4 Å². The highest BCUT2D eigenvalue weighted by molar-refractivity contribution is 14.1. The Morgan fingerprint density at radius 1 is 0.894 bits per heavy atom. The van der Waals surface area contributed by atoms with Gasteiger partial charge in [-0.1, -0.05) is 24.3 Å². The summed E-state index contributed by atoms with van der Waals surface area (Å²) in [5.74, 6) is 0.956. The van der Waals surface area contributed by atoms with E-state index in [9.17, 15) is 27.6 Å². The number of nitrogens with zero attached hydrogens (tertiary/aromatic N) is 1. The fourth-order valence-corrected chi connectivity index (χ4v) is 5.90. The number of rotatable bonds is 15. The Kier molecular flexibility index (Phi) is 13.2. The van der Waals surface area contributed by atoms with E-state index in [1.54, 1.807) is 77.9 Å². The molecule has 0 unspecified atom stereocenters. The van der Waals surface area contributed by atoms with E-state index in [0.717, 1.165) is 17.7 Å². The number of pyridine rings is 1. The van der Waals surface area contributed by atoms with Gasteiger partial charge in [0.2, 0.25) is 0 Å². The quantitative estimate of drug-likeness (QED) is 0.0730. The van der Waals surface area contributed by atoms with Crippen LogP contribution in [-0.2, 0) is 28.0 Å². The summed E-state index contributed by atoms with van der Waals surface area (Å²) < 4.78 is 50.3. The SMILES string of the molecule is COCCOc1ccc(NC(=O)c2cccc(CSCCC(=O)I)c2)c(-c2cc(C(=O)NCc3cccc(C(F)(F)F)c3)ccn2)c1. The first-order valence-electron chi connectivity index (χ1n) is 14.4. The average molecular weight is 778 g/mol. The van der Waals surface area contributed by atoms with E-state index in [-0.39, 0.29) is 28.4 Å². The van der Waals surface area contributed by atoms with Gasteiger partial charge in [-0.25, -0.2) is 0 Å². The van der Waals surface area contributed by atoms with Crippen molar-refractivity contribution in [2.45, 2.75) is 24.9 Å². The highest BCUT2D eigenvalue weighted by atomic mass is 127. The minimum absolute atomic E-state index is 0.102. The lowest BCUT2D eigenvalue weighted by Crippen LogP contribution is -2.23. The van der Waals surface area contributed by atoms with Crippen molar-refractivity contribution in [3.8, 4) is 17.0 Å². The predicted molar refractivity (Wildman–Crippen MR) is 184 cm³/mol. The van der Waals surface area contributed by atoms with Crippen molar-refractivity contribution in [2.24, 2.45) is 0 Å². The Bertz CT molecular complexity index is 1720. The Morgan fingerprint density at radius 3 is 2.43 bits per heavy atom. The molecule has 4 aromatic rings. The molecular weight excluding hydrogens is 746 g/mol. The Morgan fingerprint density at radius 2 is 1.66 bits per heavy atom. The Balaban J connectivity index is 1.54. The third-order valence-electron chi connectivity index (χ3n) is 6.70. The van der Waals surface area contributed by atoms with Gasteiger partial charge >= 0.3 is 6.18 Å². The molecule has 0 spiro atoms. The molecule has 8 nitrogen and oxygen atoms in total. The lowest BCUT2D eigenvalue weighted by Gasteiger charge is -2.15. The summed E-state index contributed by atoms with van der Waals surface area (Å²) in [6.45, 7) is 0.527. The maximum Gasteiger partial charge on any atom is 0.416 e. The standard InChI is InChI=1S/C34H31F3IN3O5S/c1-45-13-14-46-27-8-9-29(41-33(44)24-6-2-5-23(16-24)21-47-15-11-31(38)42)28(19-27)30-18-25(10-12-39-30)32(43)40-20-22-4-3-7-26(17-22)34(35,36)37/h2-10,12,16-19H,11,13-15,20-21H2,1H3,(H,40,43)(H,41,44). The number of hydrogen-bond acceptors (Lipinski definition) is 7. The average Bonchev–Trinajstić information content (AvgIpc) is 3.06. The van der Waals surface area contributed by atoms with Crippen LogP contribution in [0, 0.1) is 0 Å². The monoisotopic (exact) mass is 777 g/mol. The van der Waals surface area contributed by atoms with E-state index in [1.807, 2.05) is 6.07 Å². The summed E-state index contributed by atoms with van der Waals surface area (Å²) in [7, 11) is 1.56. The zero-order valence-corrected chi connectivity index (χ0v) is 28.2. The molecule has 0 radical (unpaired) electrons. The second-order valence-electron chi connectivity index (χ2n) is 10.2. The molecule has 13 heteroatoms. The highest BCUT2D eigenvalue weighted by Crippen LogP contribution is 2.32. The number of halogens is 4. The van der Waals surface area contributed by atoms with Gasteiger partial charge in [0.05, 0.1) is 23.6 Å². The van der Waals surface area contributed by atoms with Gasteiger partial charge < -0.3 is 20.1 Å². The second-order valence-corrected chi connectivity index (χ2v) is 12.5. The van der Waals surface area contributed by atoms with Crippen LogP contribution in [0.15, 0.2) is 85.1 Å². The minimum atomic E-state index is -4.49. The molecular formula is C34H31F3IN3O5S. The van der Waals surface area contributed by atoms with Crippen molar-refractivity contribution in [3.05, 3.63) is 113 Å². The number of anilines is 1. The molecule has 47 heavy (non-hydrogen) atoms. The molecule has 0 saturated carbocycles. The van der Waals surface area contributed by atoms with Gasteiger partial charge in [-0.15, -0.1) is 0 Å². The number of alkyl halides is 3. The number of carbonyl (C=O) groups is 3. The summed E-state index contributed by atoms with van der Waals surface area (Å²) >= 11 is 3.39.